The lowest BCUT2D eigenvalue weighted by Gasteiger charge is -2.03. The van der Waals surface area contributed by atoms with E-state index in [0.717, 1.165) is 5.39 Å². The molecule has 96 valence electrons. The number of nitrogens with zero attached hydrogens (tertiary/aromatic N) is 2. The lowest BCUT2D eigenvalue weighted by Crippen LogP contribution is -2.10. The predicted molar refractivity (Wildman–Crippen MR) is 72.8 cm³/mol. The number of hydrogen-bond donors (Lipinski definition) is 0. The Morgan fingerprint density at radius 2 is 1.80 bits per heavy atom. The molecule has 0 fully saturated rings. The van der Waals surface area contributed by atoms with Crippen LogP contribution in [0.2, 0.25) is 0 Å². The second-order valence-electron chi connectivity index (χ2n) is 4.35. The van der Waals surface area contributed by atoms with Gasteiger partial charge in [-0.1, -0.05) is 18.2 Å². The molecule has 0 aliphatic heterocycles. The molecule has 3 rings (SSSR count). The Hall–Kier alpha value is -2.93. The van der Waals surface area contributed by atoms with Crippen LogP contribution in [0, 0.1) is 17.1 Å². The molecule has 0 amide bonds. The molecule has 0 spiro atoms. The van der Waals surface area contributed by atoms with Crippen LogP contribution in [-0.4, -0.2) is 10.5 Å². The monoisotopic (exact) mass is 264 g/mol. The molecule has 3 nitrogen and oxygen atoms in total. The lowest BCUT2D eigenvalue weighted by atomic mass is 10.2. The van der Waals surface area contributed by atoms with Crippen LogP contribution in [0.25, 0.3) is 10.9 Å². The van der Waals surface area contributed by atoms with Crippen molar-refractivity contribution in [1.29, 1.82) is 5.26 Å². The average Bonchev–Trinajstić information content (AvgIpc) is 2.86. The van der Waals surface area contributed by atoms with E-state index >= 15 is 0 Å². The normalized spacial score (nSPS) is 10.4. The number of aromatic nitrogens is 1. The first-order valence-electron chi connectivity index (χ1n) is 6.01. The molecule has 0 N–H and O–H groups in total. The Bertz CT molecular complexity index is 841. The summed E-state index contributed by atoms with van der Waals surface area (Å²) in [5.41, 5.74) is 1.48. The van der Waals surface area contributed by atoms with Crippen molar-refractivity contribution in [3.8, 4) is 6.07 Å². The van der Waals surface area contributed by atoms with Gasteiger partial charge in [0.25, 0.3) is 5.91 Å². The molecule has 1 heterocycles. The summed E-state index contributed by atoms with van der Waals surface area (Å²) in [4.78, 5) is 12.4. The van der Waals surface area contributed by atoms with Crippen LogP contribution in [-0.2, 0) is 0 Å². The van der Waals surface area contributed by atoms with Crippen molar-refractivity contribution in [1.82, 2.24) is 4.57 Å². The van der Waals surface area contributed by atoms with Gasteiger partial charge in [-0.05, 0) is 30.3 Å². The number of hydrogen-bond acceptors (Lipinski definition) is 2. The summed E-state index contributed by atoms with van der Waals surface area (Å²) in [5, 5.41) is 9.84. The quantitative estimate of drug-likeness (QED) is 0.676. The molecule has 0 atom stereocenters. The molecular weight excluding hydrogens is 255 g/mol. The van der Waals surface area contributed by atoms with Crippen LogP contribution >= 0.6 is 0 Å². The summed E-state index contributed by atoms with van der Waals surface area (Å²) in [6, 6.07) is 14.6. The van der Waals surface area contributed by atoms with Gasteiger partial charge in [-0.3, -0.25) is 9.36 Å². The number of nitriles is 1. The molecule has 0 saturated heterocycles. The van der Waals surface area contributed by atoms with Crippen LogP contribution in [0.4, 0.5) is 4.39 Å². The maximum atomic E-state index is 12.9. The fourth-order valence-corrected chi connectivity index (χ4v) is 2.17. The van der Waals surface area contributed by atoms with Gasteiger partial charge < -0.3 is 0 Å². The SMILES string of the molecule is N#Cc1cn(C(=O)c2ccc(F)cc2)c2ccccc12. The van der Waals surface area contributed by atoms with E-state index in [2.05, 4.69) is 6.07 Å². The Morgan fingerprint density at radius 3 is 2.50 bits per heavy atom. The highest BCUT2D eigenvalue weighted by Gasteiger charge is 2.14. The second-order valence-corrected chi connectivity index (χ2v) is 4.35. The highest BCUT2D eigenvalue weighted by molar-refractivity contribution is 6.03. The Kier molecular flexibility index (Phi) is 2.81. The highest BCUT2D eigenvalue weighted by Crippen LogP contribution is 2.21. The van der Waals surface area contributed by atoms with Gasteiger partial charge in [0.15, 0.2) is 0 Å². The van der Waals surface area contributed by atoms with Crippen molar-refractivity contribution >= 4 is 16.8 Å². The molecule has 0 aliphatic rings. The number of benzene rings is 2. The molecule has 0 radical (unpaired) electrons. The summed E-state index contributed by atoms with van der Waals surface area (Å²) >= 11 is 0. The van der Waals surface area contributed by atoms with E-state index in [1.54, 1.807) is 18.2 Å². The minimum Gasteiger partial charge on any atom is -0.282 e. The second kappa shape index (κ2) is 4.63. The summed E-state index contributed by atoms with van der Waals surface area (Å²) in [6.45, 7) is 0. The fraction of sp³-hybridized carbons (Fsp3) is 0. The zero-order chi connectivity index (χ0) is 14.1. The topological polar surface area (TPSA) is 45.8 Å². The first-order chi connectivity index (χ1) is 9.70. The van der Waals surface area contributed by atoms with Crippen LogP contribution in [0.3, 0.4) is 0 Å². The Balaban J connectivity index is 2.17. The third-order valence-corrected chi connectivity index (χ3v) is 3.14. The molecule has 20 heavy (non-hydrogen) atoms. The molecule has 1 aromatic heterocycles. The molecular formula is C16H9FN2O. The molecule has 0 aliphatic carbocycles. The van der Waals surface area contributed by atoms with Gasteiger partial charge in [-0.25, -0.2) is 4.39 Å². The third-order valence-electron chi connectivity index (χ3n) is 3.14. The minimum atomic E-state index is -0.392. The number of fused-ring (bicyclic) bond motifs is 1. The van der Waals surface area contributed by atoms with Crippen molar-refractivity contribution in [2.45, 2.75) is 0 Å². The summed E-state index contributed by atoms with van der Waals surface area (Å²) < 4.78 is 14.3. The lowest BCUT2D eigenvalue weighted by molar-refractivity contribution is 0.0965. The predicted octanol–water partition coefficient (Wildman–Crippen LogP) is 3.34. The highest BCUT2D eigenvalue weighted by atomic mass is 19.1. The van der Waals surface area contributed by atoms with Crippen molar-refractivity contribution in [3.05, 3.63) is 71.7 Å². The van der Waals surface area contributed by atoms with Crippen molar-refractivity contribution in [2.24, 2.45) is 0 Å². The van der Waals surface area contributed by atoms with Gasteiger partial charge in [0.05, 0.1) is 11.1 Å². The number of rotatable bonds is 1. The number of para-hydroxylation sites is 1. The summed E-state index contributed by atoms with van der Waals surface area (Å²) in [6.07, 6.45) is 1.51. The first-order valence-corrected chi connectivity index (χ1v) is 6.01. The average molecular weight is 264 g/mol. The van der Waals surface area contributed by atoms with Crippen molar-refractivity contribution in [2.75, 3.05) is 0 Å². The van der Waals surface area contributed by atoms with Gasteiger partial charge in [0, 0.05) is 17.1 Å². The van der Waals surface area contributed by atoms with Crippen LogP contribution in [0.5, 0.6) is 0 Å². The third kappa shape index (κ3) is 1.86. The van der Waals surface area contributed by atoms with Gasteiger partial charge in [0.1, 0.15) is 11.9 Å². The zero-order valence-electron chi connectivity index (χ0n) is 10.4. The number of carbonyl (C=O) groups excluding carboxylic acids is 1. The Labute approximate surface area is 114 Å². The van der Waals surface area contributed by atoms with E-state index in [0.29, 0.717) is 16.6 Å². The van der Waals surface area contributed by atoms with E-state index in [9.17, 15) is 9.18 Å². The van der Waals surface area contributed by atoms with Gasteiger partial charge in [0.2, 0.25) is 0 Å². The summed E-state index contributed by atoms with van der Waals surface area (Å²) in [7, 11) is 0. The number of halogens is 1. The molecule has 2 aromatic carbocycles. The molecule has 0 saturated carbocycles. The van der Waals surface area contributed by atoms with E-state index in [1.807, 2.05) is 6.07 Å². The Morgan fingerprint density at radius 1 is 1.10 bits per heavy atom. The van der Waals surface area contributed by atoms with Gasteiger partial charge in [-0.15, -0.1) is 0 Å². The first kappa shape index (κ1) is 12.1. The van der Waals surface area contributed by atoms with Crippen LogP contribution in [0.1, 0.15) is 15.9 Å². The van der Waals surface area contributed by atoms with Crippen LogP contribution < -0.4 is 0 Å². The maximum absolute atomic E-state index is 12.9. The molecule has 0 unspecified atom stereocenters. The standard InChI is InChI=1S/C16H9FN2O/c17-13-7-5-11(6-8-13)16(20)19-10-12(9-18)14-3-1-2-4-15(14)19/h1-8,10H. The molecule has 4 heteroatoms. The summed E-state index contributed by atoms with van der Waals surface area (Å²) in [5.74, 6) is -0.681. The largest absolute Gasteiger partial charge is 0.282 e. The van der Waals surface area contributed by atoms with Crippen LogP contribution in [0.15, 0.2) is 54.7 Å². The van der Waals surface area contributed by atoms with E-state index in [4.69, 9.17) is 5.26 Å². The smallest absolute Gasteiger partial charge is 0.262 e. The number of carbonyl (C=O) groups is 1. The van der Waals surface area contributed by atoms with Crippen molar-refractivity contribution < 1.29 is 9.18 Å². The van der Waals surface area contributed by atoms with Crippen molar-refractivity contribution in [3.63, 3.8) is 0 Å². The van der Waals surface area contributed by atoms with E-state index in [1.165, 1.54) is 35.0 Å². The maximum Gasteiger partial charge on any atom is 0.262 e. The zero-order valence-corrected chi connectivity index (χ0v) is 10.4. The van der Waals surface area contributed by atoms with Gasteiger partial charge in [-0.2, -0.15) is 5.26 Å². The van der Waals surface area contributed by atoms with E-state index < -0.39 is 5.82 Å². The van der Waals surface area contributed by atoms with E-state index in [-0.39, 0.29) is 5.91 Å². The molecule has 0 bridgehead atoms. The fourth-order valence-electron chi connectivity index (χ4n) is 2.17. The molecule has 3 aromatic rings. The van der Waals surface area contributed by atoms with Gasteiger partial charge >= 0.3 is 0 Å². The minimum absolute atomic E-state index is 0.289.